The summed E-state index contributed by atoms with van der Waals surface area (Å²) >= 11 is 0. The highest BCUT2D eigenvalue weighted by atomic mass is 19.1. The van der Waals surface area contributed by atoms with Crippen molar-refractivity contribution in [2.75, 3.05) is 14.2 Å². The summed E-state index contributed by atoms with van der Waals surface area (Å²) in [4.78, 5) is 0. The third-order valence-electron chi connectivity index (χ3n) is 3.11. The van der Waals surface area contributed by atoms with Gasteiger partial charge >= 0.3 is 0 Å². The minimum Gasteiger partial charge on any atom is -0.506 e. The van der Waals surface area contributed by atoms with Crippen LogP contribution in [-0.2, 0) is 0 Å². The van der Waals surface area contributed by atoms with Gasteiger partial charge in [-0.25, -0.2) is 4.39 Å². The SMILES string of the molecule is COc1ccc(/C=C/c2cc(F)cc(C#N)c2O)c(OC)c1. The number of benzene rings is 2. The van der Waals surface area contributed by atoms with Crippen molar-refractivity contribution in [1.29, 1.82) is 5.26 Å². The molecule has 0 atom stereocenters. The number of ether oxygens (including phenoxy) is 2. The number of aromatic hydroxyl groups is 1. The molecule has 2 aromatic rings. The van der Waals surface area contributed by atoms with Gasteiger partial charge in [0, 0.05) is 17.2 Å². The Labute approximate surface area is 127 Å². The summed E-state index contributed by atoms with van der Waals surface area (Å²) in [7, 11) is 3.08. The van der Waals surface area contributed by atoms with Crippen LogP contribution in [0.2, 0.25) is 0 Å². The molecule has 0 heterocycles. The number of nitrogens with zero attached hydrogens (tertiary/aromatic N) is 1. The van der Waals surface area contributed by atoms with E-state index in [9.17, 15) is 9.50 Å². The molecule has 0 unspecified atom stereocenters. The molecule has 112 valence electrons. The molecule has 0 saturated carbocycles. The molecule has 0 spiro atoms. The quantitative estimate of drug-likeness (QED) is 0.876. The topological polar surface area (TPSA) is 62.5 Å². The molecule has 0 bridgehead atoms. The van der Waals surface area contributed by atoms with Gasteiger partial charge in [-0.3, -0.25) is 0 Å². The molecule has 0 aliphatic heterocycles. The summed E-state index contributed by atoms with van der Waals surface area (Å²) in [5.41, 5.74) is 0.834. The van der Waals surface area contributed by atoms with Crippen LogP contribution in [0.5, 0.6) is 17.2 Å². The van der Waals surface area contributed by atoms with Crippen molar-refractivity contribution in [3.05, 3.63) is 52.8 Å². The van der Waals surface area contributed by atoms with Gasteiger partial charge in [0.05, 0.1) is 19.8 Å². The second kappa shape index (κ2) is 6.64. The minimum atomic E-state index is -0.587. The lowest BCUT2D eigenvalue weighted by Crippen LogP contribution is -1.90. The first-order valence-corrected chi connectivity index (χ1v) is 6.41. The van der Waals surface area contributed by atoms with Crippen molar-refractivity contribution in [3.8, 4) is 23.3 Å². The zero-order valence-corrected chi connectivity index (χ0v) is 12.1. The van der Waals surface area contributed by atoms with E-state index in [1.54, 1.807) is 37.5 Å². The van der Waals surface area contributed by atoms with Crippen LogP contribution in [0.25, 0.3) is 12.2 Å². The fourth-order valence-electron chi connectivity index (χ4n) is 1.97. The zero-order chi connectivity index (χ0) is 16.1. The van der Waals surface area contributed by atoms with Gasteiger partial charge in [0.2, 0.25) is 0 Å². The number of methoxy groups -OCH3 is 2. The van der Waals surface area contributed by atoms with Gasteiger partial charge in [0.1, 0.15) is 29.1 Å². The van der Waals surface area contributed by atoms with Crippen molar-refractivity contribution >= 4 is 12.2 Å². The molecule has 0 radical (unpaired) electrons. The molecule has 0 fully saturated rings. The highest BCUT2D eigenvalue weighted by Crippen LogP contribution is 2.29. The van der Waals surface area contributed by atoms with E-state index in [-0.39, 0.29) is 16.9 Å². The molecular formula is C17H14FNO3. The molecule has 0 aromatic heterocycles. The Bertz CT molecular complexity index is 763. The van der Waals surface area contributed by atoms with Crippen LogP contribution in [0.3, 0.4) is 0 Å². The van der Waals surface area contributed by atoms with E-state index in [0.29, 0.717) is 11.5 Å². The molecule has 2 rings (SSSR count). The summed E-state index contributed by atoms with van der Waals surface area (Å²) in [6.07, 6.45) is 3.18. The number of hydrogen-bond donors (Lipinski definition) is 1. The molecule has 22 heavy (non-hydrogen) atoms. The van der Waals surface area contributed by atoms with Crippen molar-refractivity contribution < 1.29 is 19.0 Å². The molecule has 0 aliphatic rings. The third-order valence-corrected chi connectivity index (χ3v) is 3.11. The lowest BCUT2D eigenvalue weighted by molar-refractivity contribution is 0.394. The summed E-state index contributed by atoms with van der Waals surface area (Å²) < 4.78 is 23.8. The number of phenols is 1. The van der Waals surface area contributed by atoms with Crippen LogP contribution in [0.1, 0.15) is 16.7 Å². The maximum Gasteiger partial charge on any atom is 0.140 e. The molecular weight excluding hydrogens is 285 g/mol. The van der Waals surface area contributed by atoms with Crippen LogP contribution in [-0.4, -0.2) is 19.3 Å². The first-order valence-electron chi connectivity index (χ1n) is 6.41. The van der Waals surface area contributed by atoms with Crippen molar-refractivity contribution in [1.82, 2.24) is 0 Å². The van der Waals surface area contributed by atoms with E-state index < -0.39 is 5.82 Å². The van der Waals surface area contributed by atoms with E-state index >= 15 is 0 Å². The van der Waals surface area contributed by atoms with E-state index in [4.69, 9.17) is 14.7 Å². The molecule has 0 aliphatic carbocycles. The van der Waals surface area contributed by atoms with Gasteiger partial charge in [-0.15, -0.1) is 0 Å². The zero-order valence-electron chi connectivity index (χ0n) is 12.1. The Balaban J connectivity index is 2.41. The average Bonchev–Trinajstić information content (AvgIpc) is 2.55. The Kier molecular flexibility index (Phi) is 4.64. The Morgan fingerprint density at radius 2 is 1.82 bits per heavy atom. The minimum absolute atomic E-state index is 0.110. The number of hydrogen-bond acceptors (Lipinski definition) is 4. The first-order chi connectivity index (χ1) is 10.6. The highest BCUT2D eigenvalue weighted by Gasteiger charge is 2.08. The summed E-state index contributed by atoms with van der Waals surface area (Å²) in [5.74, 6) is 0.379. The lowest BCUT2D eigenvalue weighted by atomic mass is 10.1. The smallest absolute Gasteiger partial charge is 0.140 e. The lowest BCUT2D eigenvalue weighted by Gasteiger charge is -2.07. The number of nitriles is 1. The highest BCUT2D eigenvalue weighted by molar-refractivity contribution is 5.76. The van der Waals surface area contributed by atoms with Crippen molar-refractivity contribution in [2.24, 2.45) is 0 Å². The van der Waals surface area contributed by atoms with Gasteiger partial charge in [-0.1, -0.05) is 12.2 Å². The van der Waals surface area contributed by atoms with E-state index in [1.807, 2.05) is 0 Å². The largest absolute Gasteiger partial charge is 0.506 e. The molecule has 0 amide bonds. The van der Waals surface area contributed by atoms with Crippen LogP contribution >= 0.6 is 0 Å². The van der Waals surface area contributed by atoms with Gasteiger partial charge in [-0.2, -0.15) is 5.26 Å². The predicted octanol–water partition coefficient (Wildman–Crippen LogP) is 3.59. The summed E-state index contributed by atoms with van der Waals surface area (Å²) in [6, 6.07) is 9.14. The standard InChI is InChI=1S/C17H14FNO3/c1-21-15-6-5-11(16(9-15)22-2)3-4-12-7-14(18)8-13(10-19)17(12)20/h3-9,20H,1-2H3/b4-3+. The van der Waals surface area contributed by atoms with Crippen LogP contribution in [0.4, 0.5) is 4.39 Å². The monoisotopic (exact) mass is 299 g/mol. The molecule has 5 heteroatoms. The van der Waals surface area contributed by atoms with Gasteiger partial charge < -0.3 is 14.6 Å². The Morgan fingerprint density at radius 1 is 1.09 bits per heavy atom. The van der Waals surface area contributed by atoms with Crippen molar-refractivity contribution in [2.45, 2.75) is 0 Å². The summed E-state index contributed by atoms with van der Waals surface area (Å²) in [6.45, 7) is 0. The van der Waals surface area contributed by atoms with E-state index in [0.717, 1.165) is 17.7 Å². The van der Waals surface area contributed by atoms with Crippen molar-refractivity contribution in [3.63, 3.8) is 0 Å². The second-order valence-corrected chi connectivity index (χ2v) is 4.44. The molecule has 2 aromatic carbocycles. The maximum absolute atomic E-state index is 13.4. The maximum atomic E-state index is 13.4. The van der Waals surface area contributed by atoms with Gasteiger partial charge in [-0.05, 0) is 24.3 Å². The van der Waals surface area contributed by atoms with Crippen LogP contribution in [0.15, 0.2) is 30.3 Å². The van der Waals surface area contributed by atoms with Gasteiger partial charge in [0.25, 0.3) is 0 Å². The van der Waals surface area contributed by atoms with E-state index in [2.05, 4.69) is 0 Å². The Hall–Kier alpha value is -3.00. The van der Waals surface area contributed by atoms with E-state index in [1.165, 1.54) is 13.2 Å². The fourth-order valence-corrected chi connectivity index (χ4v) is 1.97. The normalized spacial score (nSPS) is 10.5. The number of phenolic OH excluding ortho intramolecular Hbond substituents is 1. The molecule has 4 nitrogen and oxygen atoms in total. The second-order valence-electron chi connectivity index (χ2n) is 4.44. The molecule has 0 saturated heterocycles. The van der Waals surface area contributed by atoms with Crippen LogP contribution in [0, 0.1) is 17.1 Å². The predicted molar refractivity (Wildman–Crippen MR) is 81.3 cm³/mol. The Morgan fingerprint density at radius 3 is 2.45 bits per heavy atom. The third kappa shape index (κ3) is 3.18. The first kappa shape index (κ1) is 15.4. The summed E-state index contributed by atoms with van der Waals surface area (Å²) in [5, 5.41) is 18.8. The average molecular weight is 299 g/mol. The number of halogens is 1. The van der Waals surface area contributed by atoms with Gasteiger partial charge in [0.15, 0.2) is 0 Å². The van der Waals surface area contributed by atoms with Crippen LogP contribution < -0.4 is 9.47 Å². The molecule has 1 N–H and O–H groups in total. The number of rotatable bonds is 4. The fraction of sp³-hybridized carbons (Fsp3) is 0.118.